The number of urea groups is 1. The molecule has 0 aromatic heterocycles. The Morgan fingerprint density at radius 1 is 1.38 bits per heavy atom. The number of amides is 2. The van der Waals surface area contributed by atoms with Crippen LogP contribution >= 0.6 is 0 Å². The lowest BCUT2D eigenvalue weighted by Gasteiger charge is -2.25. The van der Waals surface area contributed by atoms with Crippen LogP contribution in [0.4, 0.5) is 10.5 Å². The summed E-state index contributed by atoms with van der Waals surface area (Å²) in [7, 11) is 0. The fourth-order valence-electron chi connectivity index (χ4n) is 1.94. The number of carbonyl (C=O) groups excluding carboxylic acids is 1. The molecule has 1 rings (SSSR count). The van der Waals surface area contributed by atoms with Gasteiger partial charge >= 0.3 is 12.0 Å². The lowest BCUT2D eigenvalue weighted by atomic mass is 10.2. The molecule has 0 fully saturated rings. The third-order valence-electron chi connectivity index (χ3n) is 2.98. The number of nitrogens with zero attached hydrogens (tertiary/aromatic N) is 1. The van der Waals surface area contributed by atoms with Crippen molar-refractivity contribution in [3.63, 3.8) is 0 Å². The Kier molecular flexibility index (Phi) is 7.01. The molecule has 0 heterocycles. The molecule has 5 heteroatoms. The molecule has 1 unspecified atom stereocenters. The number of benzene rings is 1. The van der Waals surface area contributed by atoms with Gasteiger partial charge in [-0.2, -0.15) is 0 Å². The zero-order chi connectivity index (χ0) is 15.7. The van der Waals surface area contributed by atoms with Crippen LogP contribution in [-0.2, 0) is 4.79 Å². The van der Waals surface area contributed by atoms with E-state index in [1.807, 2.05) is 37.3 Å². The second-order valence-corrected chi connectivity index (χ2v) is 4.86. The quantitative estimate of drug-likeness (QED) is 0.723. The Hall–Kier alpha value is -2.30. The topological polar surface area (TPSA) is 69.6 Å². The number of carbonyl (C=O) groups is 2. The maximum absolute atomic E-state index is 12.3. The van der Waals surface area contributed by atoms with Crippen LogP contribution in [0.25, 0.3) is 0 Å². The van der Waals surface area contributed by atoms with Gasteiger partial charge in [-0.15, -0.1) is 6.58 Å². The monoisotopic (exact) mass is 290 g/mol. The highest BCUT2D eigenvalue weighted by Crippen LogP contribution is 2.14. The van der Waals surface area contributed by atoms with Gasteiger partial charge in [0.15, 0.2) is 0 Å². The summed E-state index contributed by atoms with van der Waals surface area (Å²) in [5, 5.41) is 11.6. The van der Waals surface area contributed by atoms with E-state index >= 15 is 0 Å². The highest BCUT2D eigenvalue weighted by Gasteiger charge is 2.17. The van der Waals surface area contributed by atoms with E-state index in [1.54, 1.807) is 11.0 Å². The van der Waals surface area contributed by atoms with Crippen LogP contribution in [0, 0.1) is 0 Å². The summed E-state index contributed by atoms with van der Waals surface area (Å²) in [6.07, 6.45) is 2.89. The maximum atomic E-state index is 12.3. The van der Waals surface area contributed by atoms with Gasteiger partial charge in [0.25, 0.3) is 0 Å². The van der Waals surface area contributed by atoms with Gasteiger partial charge in [-0.3, -0.25) is 9.69 Å². The van der Waals surface area contributed by atoms with Gasteiger partial charge < -0.3 is 10.4 Å². The zero-order valence-electron chi connectivity index (χ0n) is 12.3. The molecule has 2 N–H and O–H groups in total. The highest BCUT2D eigenvalue weighted by atomic mass is 16.4. The number of para-hydroxylation sites is 1. The Balaban J connectivity index is 2.73. The maximum Gasteiger partial charge on any atom is 0.322 e. The second kappa shape index (κ2) is 8.79. The number of nitrogens with one attached hydrogen (secondary N) is 1. The first-order valence-corrected chi connectivity index (χ1v) is 7.00. The average molecular weight is 290 g/mol. The largest absolute Gasteiger partial charge is 0.481 e. The van der Waals surface area contributed by atoms with Crippen LogP contribution < -0.4 is 10.2 Å². The minimum absolute atomic E-state index is 0.0133. The van der Waals surface area contributed by atoms with E-state index in [0.717, 1.165) is 5.69 Å². The molecule has 0 saturated carbocycles. The Labute approximate surface area is 125 Å². The molecule has 2 amide bonds. The highest BCUT2D eigenvalue weighted by molar-refractivity contribution is 5.92. The molecule has 0 bridgehead atoms. The van der Waals surface area contributed by atoms with Gasteiger partial charge in [0, 0.05) is 24.7 Å². The van der Waals surface area contributed by atoms with E-state index in [9.17, 15) is 9.59 Å². The summed E-state index contributed by atoms with van der Waals surface area (Å²) in [6, 6.07) is 9.00. The smallest absolute Gasteiger partial charge is 0.322 e. The first-order valence-electron chi connectivity index (χ1n) is 7.00. The minimum atomic E-state index is -0.858. The molecule has 114 valence electrons. The molecule has 1 aromatic rings. The molecule has 1 atom stereocenters. The standard InChI is InChI=1S/C16H22N2O3/c1-3-8-13(2)17-16(21)18(12-7-11-15(19)20)14-9-5-4-6-10-14/h3-6,9-10,13H,1,7-8,11-12H2,2H3,(H,17,21)(H,19,20). The van der Waals surface area contributed by atoms with Crippen LogP contribution in [-0.4, -0.2) is 29.7 Å². The molecule has 0 saturated heterocycles. The van der Waals surface area contributed by atoms with Crippen molar-refractivity contribution in [2.75, 3.05) is 11.4 Å². The SMILES string of the molecule is C=CCC(C)NC(=O)N(CCCC(=O)O)c1ccccc1. The van der Waals surface area contributed by atoms with Crippen LogP contribution in [0.1, 0.15) is 26.2 Å². The molecular weight excluding hydrogens is 268 g/mol. The van der Waals surface area contributed by atoms with E-state index in [4.69, 9.17) is 5.11 Å². The molecule has 0 aliphatic carbocycles. The van der Waals surface area contributed by atoms with Crippen molar-refractivity contribution >= 4 is 17.7 Å². The molecule has 0 spiro atoms. The fourth-order valence-corrected chi connectivity index (χ4v) is 1.94. The number of rotatable bonds is 8. The average Bonchev–Trinajstić information content (AvgIpc) is 2.44. The normalized spacial score (nSPS) is 11.5. The van der Waals surface area contributed by atoms with Crippen molar-refractivity contribution in [3.05, 3.63) is 43.0 Å². The molecule has 5 nitrogen and oxygen atoms in total. The van der Waals surface area contributed by atoms with Gasteiger partial charge in [0.2, 0.25) is 0 Å². The van der Waals surface area contributed by atoms with Crippen molar-refractivity contribution in [1.29, 1.82) is 0 Å². The van der Waals surface area contributed by atoms with Crippen molar-refractivity contribution in [2.45, 2.75) is 32.2 Å². The summed E-state index contributed by atoms with van der Waals surface area (Å²) < 4.78 is 0. The third kappa shape index (κ3) is 6.12. The van der Waals surface area contributed by atoms with Gasteiger partial charge in [-0.25, -0.2) is 4.79 Å². The predicted molar refractivity (Wildman–Crippen MR) is 83.5 cm³/mol. The first-order chi connectivity index (χ1) is 10.0. The molecule has 21 heavy (non-hydrogen) atoms. The number of carboxylic acid groups (broad SMARTS) is 1. The number of hydrogen-bond acceptors (Lipinski definition) is 2. The summed E-state index contributed by atoms with van der Waals surface area (Å²) in [5.74, 6) is -0.858. The number of anilines is 1. The number of aliphatic carboxylic acids is 1. The van der Waals surface area contributed by atoms with Crippen LogP contribution in [0.3, 0.4) is 0 Å². The second-order valence-electron chi connectivity index (χ2n) is 4.86. The van der Waals surface area contributed by atoms with Gasteiger partial charge in [0.05, 0.1) is 0 Å². The van der Waals surface area contributed by atoms with Gasteiger partial charge in [0.1, 0.15) is 0 Å². The lowest BCUT2D eigenvalue weighted by Crippen LogP contribution is -2.44. The number of hydrogen-bond donors (Lipinski definition) is 2. The summed E-state index contributed by atoms with van der Waals surface area (Å²) in [5.41, 5.74) is 0.756. The Morgan fingerprint density at radius 2 is 2.05 bits per heavy atom. The lowest BCUT2D eigenvalue weighted by molar-refractivity contribution is -0.137. The first kappa shape index (κ1) is 16.8. The molecular formula is C16H22N2O3. The van der Waals surface area contributed by atoms with E-state index in [0.29, 0.717) is 19.4 Å². The molecule has 1 aromatic carbocycles. The fraction of sp³-hybridized carbons (Fsp3) is 0.375. The van der Waals surface area contributed by atoms with Crippen molar-refractivity contribution in [2.24, 2.45) is 0 Å². The van der Waals surface area contributed by atoms with Crippen molar-refractivity contribution in [3.8, 4) is 0 Å². The van der Waals surface area contributed by atoms with Gasteiger partial charge in [-0.05, 0) is 31.9 Å². The molecule has 0 aliphatic rings. The predicted octanol–water partition coefficient (Wildman–Crippen LogP) is 3.03. The van der Waals surface area contributed by atoms with Crippen molar-refractivity contribution in [1.82, 2.24) is 5.32 Å². The molecule has 0 aliphatic heterocycles. The number of carboxylic acids is 1. The minimum Gasteiger partial charge on any atom is -0.481 e. The van der Waals surface area contributed by atoms with E-state index in [-0.39, 0.29) is 18.5 Å². The van der Waals surface area contributed by atoms with Crippen LogP contribution in [0.15, 0.2) is 43.0 Å². The summed E-state index contributed by atoms with van der Waals surface area (Å²) in [6.45, 7) is 5.92. The van der Waals surface area contributed by atoms with Crippen molar-refractivity contribution < 1.29 is 14.7 Å². The Morgan fingerprint density at radius 3 is 2.62 bits per heavy atom. The van der Waals surface area contributed by atoms with Crippen LogP contribution in [0.5, 0.6) is 0 Å². The summed E-state index contributed by atoms with van der Waals surface area (Å²) >= 11 is 0. The van der Waals surface area contributed by atoms with E-state index < -0.39 is 5.97 Å². The molecule has 0 radical (unpaired) electrons. The zero-order valence-corrected chi connectivity index (χ0v) is 12.3. The summed E-state index contributed by atoms with van der Waals surface area (Å²) in [4.78, 5) is 24.5. The third-order valence-corrected chi connectivity index (χ3v) is 2.98. The van der Waals surface area contributed by atoms with Gasteiger partial charge in [-0.1, -0.05) is 24.3 Å². The van der Waals surface area contributed by atoms with E-state index in [1.165, 1.54) is 0 Å². The van der Waals surface area contributed by atoms with E-state index in [2.05, 4.69) is 11.9 Å². The Bertz CT molecular complexity index is 474. The van der Waals surface area contributed by atoms with Crippen LogP contribution in [0.2, 0.25) is 0 Å².